The number of fused-ring (bicyclic) bond motifs is 3. The zero-order valence-electron chi connectivity index (χ0n) is 17.5. The molecule has 0 radical (unpaired) electrons. The van der Waals surface area contributed by atoms with Crippen molar-refractivity contribution in [3.05, 3.63) is 78.4 Å². The molecule has 10 nitrogen and oxygen atoms in total. The Kier molecular flexibility index (Phi) is 4.32. The summed E-state index contributed by atoms with van der Waals surface area (Å²) < 4.78 is 7.17. The zero-order valence-corrected chi connectivity index (χ0v) is 17.5. The van der Waals surface area contributed by atoms with Crippen molar-refractivity contribution in [1.82, 2.24) is 29.7 Å². The number of likely N-dealkylation sites (tertiary alicyclic amines) is 1. The minimum Gasteiger partial charge on any atom is -0.467 e. The average Bonchev–Trinajstić information content (AvgIpc) is 3.55. The van der Waals surface area contributed by atoms with E-state index in [-0.39, 0.29) is 24.3 Å². The van der Waals surface area contributed by atoms with Gasteiger partial charge in [-0.05, 0) is 35.7 Å². The van der Waals surface area contributed by atoms with Gasteiger partial charge in [0.25, 0.3) is 5.91 Å². The van der Waals surface area contributed by atoms with Gasteiger partial charge in [0.1, 0.15) is 11.7 Å². The molecule has 1 N–H and O–H groups in total. The highest BCUT2D eigenvalue weighted by Gasteiger charge is 2.59. The number of aromatic nitrogens is 5. The molecule has 2 atom stereocenters. The number of carbonyl (C=O) groups excluding carboxylic acids is 2. The van der Waals surface area contributed by atoms with E-state index < -0.39 is 11.5 Å². The summed E-state index contributed by atoms with van der Waals surface area (Å²) in [6, 6.07) is 14.2. The first kappa shape index (κ1) is 19.4. The molecule has 164 valence electrons. The maximum atomic E-state index is 13.4. The third-order valence-corrected chi connectivity index (χ3v) is 6.39. The van der Waals surface area contributed by atoms with Gasteiger partial charge in [-0.25, -0.2) is 0 Å². The first-order chi connectivity index (χ1) is 16.2. The molecule has 10 heteroatoms. The summed E-state index contributed by atoms with van der Waals surface area (Å²) in [7, 11) is 0. The second-order valence-electron chi connectivity index (χ2n) is 8.09. The molecule has 0 aliphatic carbocycles. The lowest BCUT2D eigenvalue weighted by molar-refractivity contribution is -0.135. The molecule has 4 aromatic rings. The largest absolute Gasteiger partial charge is 0.467 e. The molecule has 2 aliphatic rings. The fourth-order valence-corrected chi connectivity index (χ4v) is 4.96. The molecule has 2 amide bonds. The van der Waals surface area contributed by atoms with Crippen molar-refractivity contribution in [2.24, 2.45) is 0 Å². The van der Waals surface area contributed by atoms with Crippen molar-refractivity contribution in [2.75, 3.05) is 18.5 Å². The first-order valence-electron chi connectivity index (χ1n) is 10.6. The summed E-state index contributed by atoms with van der Waals surface area (Å²) in [6.07, 6.45) is 5.36. The molecule has 1 saturated heterocycles. The standard InChI is InChI=1S/C23H19N7O3/c31-20(13-33-19-8-7-18-27-25-14-30(18)28-19)29-11-9-23(21(29)15-4-3-10-24-12-15)16-5-1-2-6-17(16)26-22(23)32/h1-8,10,12,14,21H,9,11,13H2,(H,26,32). The Bertz CT molecular complexity index is 1370. The molecular formula is C23H19N7O3. The summed E-state index contributed by atoms with van der Waals surface area (Å²) in [4.78, 5) is 32.7. The van der Waals surface area contributed by atoms with Crippen molar-refractivity contribution in [3.63, 3.8) is 0 Å². The van der Waals surface area contributed by atoms with Crippen LogP contribution < -0.4 is 10.1 Å². The van der Waals surface area contributed by atoms with E-state index in [1.165, 1.54) is 10.8 Å². The van der Waals surface area contributed by atoms with Crippen LogP contribution in [0.4, 0.5) is 5.69 Å². The highest BCUT2D eigenvalue weighted by Crippen LogP contribution is 2.54. The van der Waals surface area contributed by atoms with Gasteiger partial charge in [0.2, 0.25) is 11.8 Å². The number of para-hydroxylation sites is 1. The molecule has 6 rings (SSSR count). The number of amides is 2. The molecule has 1 fully saturated rings. The van der Waals surface area contributed by atoms with Gasteiger partial charge >= 0.3 is 0 Å². The number of anilines is 1. The lowest BCUT2D eigenvalue weighted by Crippen LogP contribution is -2.43. The minimum absolute atomic E-state index is 0.103. The lowest BCUT2D eigenvalue weighted by Gasteiger charge is -2.34. The van der Waals surface area contributed by atoms with Crippen molar-refractivity contribution in [2.45, 2.75) is 17.9 Å². The Morgan fingerprint density at radius 3 is 2.97 bits per heavy atom. The van der Waals surface area contributed by atoms with E-state index in [4.69, 9.17) is 4.74 Å². The smallest absolute Gasteiger partial charge is 0.261 e. The lowest BCUT2D eigenvalue weighted by atomic mass is 9.73. The van der Waals surface area contributed by atoms with E-state index in [2.05, 4.69) is 25.6 Å². The number of pyridine rings is 1. The third kappa shape index (κ3) is 2.94. The van der Waals surface area contributed by atoms with Crippen LogP contribution in [0.15, 0.2) is 67.3 Å². The van der Waals surface area contributed by atoms with Gasteiger partial charge in [-0.1, -0.05) is 24.3 Å². The monoisotopic (exact) mass is 441 g/mol. The number of nitrogens with zero attached hydrogens (tertiary/aromatic N) is 6. The van der Waals surface area contributed by atoms with Gasteiger partial charge in [0.05, 0.1) is 6.04 Å². The number of ether oxygens (including phenoxy) is 1. The summed E-state index contributed by atoms with van der Waals surface area (Å²) in [5.41, 5.74) is 2.19. The molecule has 2 unspecified atom stereocenters. The Morgan fingerprint density at radius 2 is 2.09 bits per heavy atom. The molecule has 2 aliphatic heterocycles. The van der Waals surface area contributed by atoms with Gasteiger partial charge in [0, 0.05) is 30.7 Å². The number of nitrogens with one attached hydrogen (secondary N) is 1. The van der Waals surface area contributed by atoms with Crippen molar-refractivity contribution in [1.29, 1.82) is 0 Å². The van der Waals surface area contributed by atoms with E-state index in [1.807, 2.05) is 36.4 Å². The summed E-state index contributed by atoms with van der Waals surface area (Å²) in [5, 5.41) is 14.9. The Balaban J connectivity index is 1.33. The van der Waals surface area contributed by atoms with Crippen LogP contribution >= 0.6 is 0 Å². The van der Waals surface area contributed by atoms with E-state index in [9.17, 15) is 9.59 Å². The van der Waals surface area contributed by atoms with E-state index in [0.717, 1.165) is 16.8 Å². The minimum atomic E-state index is -0.880. The first-order valence-corrected chi connectivity index (χ1v) is 10.6. The molecule has 5 heterocycles. The van der Waals surface area contributed by atoms with Crippen LogP contribution in [0.2, 0.25) is 0 Å². The van der Waals surface area contributed by atoms with Crippen LogP contribution in [-0.4, -0.2) is 54.7 Å². The molecule has 1 aromatic carbocycles. The fraction of sp³-hybridized carbons (Fsp3) is 0.217. The normalized spacial score (nSPS) is 21.4. The quantitative estimate of drug-likeness (QED) is 0.513. The Morgan fingerprint density at radius 1 is 1.18 bits per heavy atom. The number of rotatable bonds is 4. The zero-order chi connectivity index (χ0) is 22.4. The third-order valence-electron chi connectivity index (χ3n) is 6.39. The second-order valence-corrected chi connectivity index (χ2v) is 8.09. The highest BCUT2D eigenvalue weighted by molar-refractivity contribution is 6.07. The van der Waals surface area contributed by atoms with Gasteiger partial charge in [-0.3, -0.25) is 14.6 Å². The van der Waals surface area contributed by atoms with E-state index >= 15 is 0 Å². The highest BCUT2D eigenvalue weighted by atomic mass is 16.5. The van der Waals surface area contributed by atoms with Crippen LogP contribution in [0, 0.1) is 0 Å². The number of carbonyl (C=O) groups is 2. The van der Waals surface area contributed by atoms with Crippen LogP contribution in [0.5, 0.6) is 5.88 Å². The van der Waals surface area contributed by atoms with Crippen LogP contribution in [0.25, 0.3) is 5.65 Å². The molecule has 1 spiro atoms. The molecule has 0 bridgehead atoms. The summed E-state index contributed by atoms with van der Waals surface area (Å²) >= 11 is 0. The summed E-state index contributed by atoms with van der Waals surface area (Å²) in [6.45, 7) is 0.207. The van der Waals surface area contributed by atoms with Crippen molar-refractivity contribution >= 4 is 23.1 Å². The van der Waals surface area contributed by atoms with Crippen LogP contribution in [0.1, 0.15) is 23.6 Å². The molecule has 33 heavy (non-hydrogen) atoms. The SMILES string of the molecule is O=C(COc1ccc2nncn2n1)N1CCC2(C(=O)Nc3ccccc32)C1c1cccnc1. The predicted octanol–water partition coefficient (Wildman–Crippen LogP) is 1.76. The average molecular weight is 441 g/mol. The van der Waals surface area contributed by atoms with Gasteiger partial charge in [-0.2, -0.15) is 4.52 Å². The summed E-state index contributed by atoms with van der Waals surface area (Å²) in [5.74, 6) is -0.0523. The topological polar surface area (TPSA) is 115 Å². The van der Waals surface area contributed by atoms with E-state index in [0.29, 0.717) is 18.6 Å². The maximum absolute atomic E-state index is 13.4. The molecular weight excluding hydrogens is 422 g/mol. The molecule has 3 aromatic heterocycles. The predicted molar refractivity (Wildman–Crippen MR) is 116 cm³/mol. The molecule has 0 saturated carbocycles. The van der Waals surface area contributed by atoms with Gasteiger partial charge < -0.3 is 15.0 Å². The van der Waals surface area contributed by atoms with Crippen LogP contribution in [0.3, 0.4) is 0 Å². The van der Waals surface area contributed by atoms with Gasteiger partial charge in [-0.15, -0.1) is 15.3 Å². The van der Waals surface area contributed by atoms with Crippen molar-refractivity contribution in [3.8, 4) is 5.88 Å². The second kappa shape index (κ2) is 7.37. The number of hydrogen-bond acceptors (Lipinski definition) is 7. The maximum Gasteiger partial charge on any atom is 0.261 e. The number of benzene rings is 1. The Hall–Kier alpha value is -4.34. The fourth-order valence-electron chi connectivity index (χ4n) is 4.96. The number of hydrogen-bond donors (Lipinski definition) is 1. The Labute approximate surface area is 188 Å². The van der Waals surface area contributed by atoms with Crippen LogP contribution in [-0.2, 0) is 15.0 Å². The van der Waals surface area contributed by atoms with Gasteiger partial charge in [0.15, 0.2) is 12.3 Å². The van der Waals surface area contributed by atoms with Crippen molar-refractivity contribution < 1.29 is 14.3 Å². The van der Waals surface area contributed by atoms with E-state index in [1.54, 1.807) is 29.4 Å².